The fourth-order valence-corrected chi connectivity index (χ4v) is 4.56. The minimum absolute atomic E-state index is 0.205. The van der Waals surface area contributed by atoms with Crippen LogP contribution in [0.5, 0.6) is 0 Å². The minimum atomic E-state index is -3.59. The molecule has 140 valence electrons. The first-order valence-corrected chi connectivity index (χ1v) is 10.5. The molecule has 1 aromatic heterocycles. The molecule has 27 heavy (non-hydrogen) atoms. The van der Waals surface area contributed by atoms with Gasteiger partial charge in [0.05, 0.1) is 11.2 Å². The topological polar surface area (TPSA) is 62.6 Å². The van der Waals surface area contributed by atoms with Crippen LogP contribution in [-0.4, -0.2) is 21.5 Å². The number of sulfonamides is 1. The number of rotatable bonds is 6. The van der Waals surface area contributed by atoms with Gasteiger partial charge >= 0.3 is 0 Å². The third-order valence-corrected chi connectivity index (χ3v) is 6.41. The molecule has 2 aromatic carbocycles. The van der Waals surface area contributed by atoms with Crippen LogP contribution in [0.3, 0.4) is 0 Å². The monoisotopic (exact) mass is 382 g/mol. The third kappa shape index (κ3) is 3.63. The van der Waals surface area contributed by atoms with Gasteiger partial charge in [-0.05, 0) is 49.2 Å². The fraction of sp³-hybridized carbons (Fsp3) is 0.238. The second-order valence-corrected chi connectivity index (χ2v) is 8.54. The molecule has 0 unspecified atom stereocenters. The van der Waals surface area contributed by atoms with Crippen molar-refractivity contribution in [2.75, 3.05) is 18.0 Å². The molecule has 0 saturated heterocycles. The summed E-state index contributed by atoms with van der Waals surface area (Å²) in [5.41, 5.74) is 3.43. The number of nitrogens with zero attached hydrogens (tertiary/aromatic N) is 1. The van der Waals surface area contributed by atoms with E-state index in [2.05, 4.69) is 21.8 Å². The molecule has 6 heteroatoms. The molecule has 0 fully saturated rings. The van der Waals surface area contributed by atoms with E-state index in [1.165, 1.54) is 5.56 Å². The maximum atomic E-state index is 12.7. The van der Waals surface area contributed by atoms with Crippen molar-refractivity contribution in [3.8, 4) is 0 Å². The average Bonchev–Trinajstić information content (AvgIpc) is 3.33. The largest absolute Gasteiger partial charge is 0.467 e. The Balaban J connectivity index is 1.59. The van der Waals surface area contributed by atoms with Gasteiger partial charge in [-0.2, -0.15) is 0 Å². The summed E-state index contributed by atoms with van der Waals surface area (Å²) in [6, 6.07) is 18.6. The van der Waals surface area contributed by atoms with Crippen molar-refractivity contribution in [3.63, 3.8) is 0 Å². The molecule has 4 rings (SSSR count). The molecule has 1 N–H and O–H groups in total. The lowest BCUT2D eigenvalue weighted by Gasteiger charge is -2.29. The minimum Gasteiger partial charge on any atom is -0.467 e. The van der Waals surface area contributed by atoms with Crippen LogP contribution < -0.4 is 9.62 Å². The first-order chi connectivity index (χ1) is 13.0. The molecule has 3 aromatic rings. The number of fused-ring (bicyclic) bond motifs is 1. The smallest absolute Gasteiger partial charge is 0.240 e. The Labute approximate surface area is 159 Å². The van der Waals surface area contributed by atoms with Crippen molar-refractivity contribution in [2.45, 2.75) is 24.3 Å². The molecule has 0 radical (unpaired) electrons. The van der Waals surface area contributed by atoms with Crippen molar-refractivity contribution >= 4 is 15.7 Å². The first kappa shape index (κ1) is 17.8. The predicted molar refractivity (Wildman–Crippen MR) is 105 cm³/mol. The van der Waals surface area contributed by atoms with Gasteiger partial charge in [-0.15, -0.1) is 0 Å². The molecule has 0 spiro atoms. The summed E-state index contributed by atoms with van der Waals surface area (Å²) in [4.78, 5) is 2.49. The Hall–Kier alpha value is -2.57. The average molecular weight is 382 g/mol. The van der Waals surface area contributed by atoms with Gasteiger partial charge in [0, 0.05) is 18.8 Å². The van der Waals surface area contributed by atoms with Gasteiger partial charge in [-0.3, -0.25) is 0 Å². The van der Waals surface area contributed by atoms with E-state index in [-0.39, 0.29) is 17.5 Å². The Bertz CT molecular complexity index is 1010. The van der Waals surface area contributed by atoms with Crippen LogP contribution in [-0.2, 0) is 16.4 Å². The fourth-order valence-electron chi connectivity index (χ4n) is 3.52. The van der Waals surface area contributed by atoms with Crippen molar-refractivity contribution in [1.29, 1.82) is 0 Å². The van der Waals surface area contributed by atoms with Crippen molar-refractivity contribution in [3.05, 3.63) is 83.8 Å². The van der Waals surface area contributed by atoms with Gasteiger partial charge < -0.3 is 9.32 Å². The summed E-state index contributed by atoms with van der Waals surface area (Å²) in [7, 11) is -3.59. The molecular weight excluding hydrogens is 360 g/mol. The Morgan fingerprint density at radius 3 is 2.59 bits per heavy atom. The molecule has 1 aliphatic heterocycles. The maximum Gasteiger partial charge on any atom is 0.240 e. The summed E-state index contributed by atoms with van der Waals surface area (Å²) in [5, 5.41) is 0. The number of para-hydroxylation sites is 1. The summed E-state index contributed by atoms with van der Waals surface area (Å²) in [6.45, 7) is 3.00. The van der Waals surface area contributed by atoms with Crippen LogP contribution >= 0.6 is 0 Å². The summed E-state index contributed by atoms with van der Waals surface area (Å²) < 4.78 is 33.8. The summed E-state index contributed by atoms with van der Waals surface area (Å²) >= 11 is 0. The van der Waals surface area contributed by atoms with Crippen molar-refractivity contribution < 1.29 is 12.8 Å². The van der Waals surface area contributed by atoms with Crippen LogP contribution in [0.4, 0.5) is 5.69 Å². The third-order valence-electron chi connectivity index (χ3n) is 4.97. The molecule has 2 heterocycles. The summed E-state index contributed by atoms with van der Waals surface area (Å²) in [6.07, 6.45) is 2.57. The molecule has 0 aliphatic carbocycles. The quantitative estimate of drug-likeness (QED) is 0.707. The zero-order chi connectivity index (χ0) is 18.9. The predicted octanol–water partition coefficient (Wildman–Crippen LogP) is 3.67. The van der Waals surface area contributed by atoms with E-state index in [9.17, 15) is 8.42 Å². The molecule has 1 aliphatic rings. The molecule has 5 nitrogen and oxygen atoms in total. The van der Waals surface area contributed by atoms with Crippen molar-refractivity contribution in [1.82, 2.24) is 4.72 Å². The normalized spacial score (nSPS) is 14.9. The number of benzene rings is 2. The number of hydrogen-bond donors (Lipinski definition) is 1. The number of furan rings is 1. The van der Waals surface area contributed by atoms with E-state index in [1.54, 1.807) is 30.5 Å². The standard InChI is InChI=1S/C21H22N2O3S/c1-16-8-10-18(11-9-16)27(24,25)22-15-20(21-7-4-14-26-21)23-13-12-17-5-2-3-6-19(17)23/h2-11,14,20,22H,12-13,15H2,1H3/t20-/m0/s1. The lowest BCUT2D eigenvalue weighted by Crippen LogP contribution is -2.37. The lowest BCUT2D eigenvalue weighted by molar-refractivity contribution is 0.447. The highest BCUT2D eigenvalue weighted by Crippen LogP contribution is 2.35. The zero-order valence-electron chi connectivity index (χ0n) is 15.1. The van der Waals surface area contributed by atoms with E-state index in [0.717, 1.165) is 30.0 Å². The van der Waals surface area contributed by atoms with Gasteiger partial charge in [0.15, 0.2) is 0 Å². The number of nitrogens with one attached hydrogen (secondary N) is 1. The van der Waals surface area contributed by atoms with Crippen LogP contribution in [0.15, 0.2) is 76.2 Å². The van der Waals surface area contributed by atoms with Gasteiger partial charge in [-0.25, -0.2) is 13.1 Å². The molecule has 1 atom stereocenters. The number of anilines is 1. The van der Waals surface area contributed by atoms with Crippen LogP contribution in [0.25, 0.3) is 0 Å². The number of hydrogen-bond acceptors (Lipinski definition) is 4. The molecule has 0 saturated carbocycles. The van der Waals surface area contributed by atoms with E-state index in [1.807, 2.05) is 31.2 Å². The SMILES string of the molecule is Cc1ccc(S(=O)(=O)NC[C@@H](c2ccco2)N2CCc3ccccc32)cc1. The van der Waals surface area contributed by atoms with E-state index in [4.69, 9.17) is 4.42 Å². The molecule has 0 bridgehead atoms. The van der Waals surface area contributed by atoms with Gasteiger partial charge in [0.2, 0.25) is 10.0 Å². The highest BCUT2D eigenvalue weighted by atomic mass is 32.2. The van der Waals surface area contributed by atoms with E-state index in [0.29, 0.717) is 0 Å². The van der Waals surface area contributed by atoms with E-state index >= 15 is 0 Å². The Kier molecular flexibility index (Phi) is 4.76. The van der Waals surface area contributed by atoms with Gasteiger partial charge in [-0.1, -0.05) is 35.9 Å². The highest BCUT2D eigenvalue weighted by Gasteiger charge is 2.30. The van der Waals surface area contributed by atoms with E-state index < -0.39 is 10.0 Å². The van der Waals surface area contributed by atoms with Crippen LogP contribution in [0.2, 0.25) is 0 Å². The maximum absolute atomic E-state index is 12.7. The first-order valence-electron chi connectivity index (χ1n) is 8.99. The van der Waals surface area contributed by atoms with Crippen LogP contribution in [0, 0.1) is 6.92 Å². The second-order valence-electron chi connectivity index (χ2n) is 6.77. The molecule has 0 amide bonds. The zero-order valence-corrected chi connectivity index (χ0v) is 15.9. The Morgan fingerprint density at radius 2 is 1.85 bits per heavy atom. The van der Waals surface area contributed by atoms with Crippen LogP contribution in [0.1, 0.15) is 22.9 Å². The Morgan fingerprint density at radius 1 is 1.07 bits per heavy atom. The van der Waals surface area contributed by atoms with Gasteiger partial charge in [0.1, 0.15) is 11.8 Å². The highest BCUT2D eigenvalue weighted by molar-refractivity contribution is 7.89. The lowest BCUT2D eigenvalue weighted by atomic mass is 10.1. The summed E-state index contributed by atoms with van der Waals surface area (Å²) in [5.74, 6) is 0.748. The molecular formula is C21H22N2O3S. The van der Waals surface area contributed by atoms with Crippen molar-refractivity contribution in [2.24, 2.45) is 0 Å². The second kappa shape index (κ2) is 7.21. The number of aryl methyl sites for hydroxylation is 1. The van der Waals surface area contributed by atoms with Gasteiger partial charge in [0.25, 0.3) is 0 Å².